The molecule has 132 valence electrons. The van der Waals surface area contributed by atoms with Gasteiger partial charge in [-0.15, -0.1) is 11.3 Å². The smallest absolute Gasteiger partial charge is 0.319 e. The third-order valence-electron chi connectivity index (χ3n) is 3.83. The Morgan fingerprint density at radius 2 is 2.15 bits per heavy atom. The number of nitrogens with one attached hydrogen (secondary N) is 3. The number of thiazole rings is 1. The lowest BCUT2D eigenvalue weighted by molar-refractivity contribution is -0.118. The molecule has 3 amide bonds. The minimum atomic E-state index is -0.300. The maximum atomic E-state index is 12.0. The molecule has 26 heavy (non-hydrogen) atoms. The zero-order valence-electron chi connectivity index (χ0n) is 13.7. The molecule has 1 aliphatic rings. The normalized spacial score (nSPS) is 12.8. The summed E-state index contributed by atoms with van der Waals surface area (Å²) in [5.41, 5.74) is 2.18. The first-order valence-corrected chi connectivity index (χ1v) is 8.95. The number of para-hydroxylation sites is 1. The van der Waals surface area contributed by atoms with Crippen LogP contribution in [0.1, 0.15) is 5.01 Å². The van der Waals surface area contributed by atoms with E-state index in [1.54, 1.807) is 29.5 Å². The summed E-state index contributed by atoms with van der Waals surface area (Å²) in [5.74, 6) is 0.350. The van der Waals surface area contributed by atoms with E-state index in [1.807, 2.05) is 24.3 Å². The van der Waals surface area contributed by atoms with Crippen LogP contribution in [0.3, 0.4) is 0 Å². The van der Waals surface area contributed by atoms with Crippen molar-refractivity contribution in [3.05, 3.63) is 47.5 Å². The molecule has 0 bridgehead atoms. The van der Waals surface area contributed by atoms with Gasteiger partial charge in [-0.1, -0.05) is 12.1 Å². The van der Waals surface area contributed by atoms with Crippen LogP contribution in [0.5, 0.6) is 5.75 Å². The lowest BCUT2D eigenvalue weighted by Gasteiger charge is -2.18. The van der Waals surface area contributed by atoms with E-state index in [4.69, 9.17) is 4.74 Å². The van der Waals surface area contributed by atoms with Gasteiger partial charge in [-0.25, -0.2) is 9.78 Å². The minimum absolute atomic E-state index is 0.0230. The Balaban J connectivity index is 1.30. The Morgan fingerprint density at radius 3 is 3.04 bits per heavy atom. The summed E-state index contributed by atoms with van der Waals surface area (Å²) in [7, 11) is 0. The highest BCUT2D eigenvalue weighted by molar-refractivity contribution is 7.18. The number of nitrogens with zero attached hydrogens (tertiary/aromatic N) is 1. The van der Waals surface area contributed by atoms with Crippen molar-refractivity contribution in [3.63, 3.8) is 0 Å². The fourth-order valence-corrected chi connectivity index (χ4v) is 3.60. The molecule has 1 aliphatic heterocycles. The van der Waals surface area contributed by atoms with Crippen molar-refractivity contribution in [2.45, 2.75) is 6.42 Å². The number of urea groups is 1. The minimum Gasteiger partial charge on any atom is -0.482 e. The molecule has 0 spiro atoms. The quantitative estimate of drug-likeness (QED) is 0.660. The van der Waals surface area contributed by atoms with Crippen LogP contribution in [0, 0.1) is 0 Å². The van der Waals surface area contributed by atoms with Crippen molar-refractivity contribution >= 4 is 44.9 Å². The highest BCUT2D eigenvalue weighted by Crippen LogP contribution is 2.30. The van der Waals surface area contributed by atoms with Gasteiger partial charge in [-0.3, -0.25) is 4.79 Å². The van der Waals surface area contributed by atoms with Crippen LogP contribution in [-0.2, 0) is 11.2 Å². The van der Waals surface area contributed by atoms with Crippen molar-refractivity contribution in [1.82, 2.24) is 10.3 Å². The fraction of sp³-hybridized carbons (Fsp3) is 0.167. The zero-order chi connectivity index (χ0) is 17.9. The van der Waals surface area contributed by atoms with Gasteiger partial charge in [0.25, 0.3) is 5.91 Å². The molecule has 7 nitrogen and oxygen atoms in total. The maximum absolute atomic E-state index is 12.0. The summed E-state index contributed by atoms with van der Waals surface area (Å²) in [4.78, 5) is 27.8. The Hall–Kier alpha value is -3.13. The molecule has 3 N–H and O–H groups in total. The molecule has 8 heteroatoms. The van der Waals surface area contributed by atoms with E-state index in [9.17, 15) is 9.59 Å². The monoisotopic (exact) mass is 368 g/mol. The number of anilines is 2. The van der Waals surface area contributed by atoms with Gasteiger partial charge in [0.15, 0.2) is 6.61 Å². The fourth-order valence-electron chi connectivity index (χ4n) is 2.64. The molecule has 0 aliphatic carbocycles. The van der Waals surface area contributed by atoms with Crippen molar-refractivity contribution in [3.8, 4) is 5.75 Å². The number of carbonyl (C=O) groups is 2. The highest BCUT2D eigenvalue weighted by Gasteiger charge is 2.16. The van der Waals surface area contributed by atoms with E-state index in [2.05, 4.69) is 20.9 Å². The predicted molar refractivity (Wildman–Crippen MR) is 101 cm³/mol. The third-order valence-corrected chi connectivity index (χ3v) is 4.93. The van der Waals surface area contributed by atoms with Gasteiger partial charge < -0.3 is 20.7 Å². The molecule has 2 heterocycles. The first-order chi connectivity index (χ1) is 12.7. The molecule has 0 saturated carbocycles. The Kier molecular flexibility index (Phi) is 4.40. The second-order valence-corrected chi connectivity index (χ2v) is 6.87. The number of rotatable bonds is 4. The molecule has 2 aromatic carbocycles. The molecule has 0 radical (unpaired) electrons. The first-order valence-electron chi connectivity index (χ1n) is 8.13. The summed E-state index contributed by atoms with van der Waals surface area (Å²) < 4.78 is 6.48. The Bertz CT molecular complexity index is 952. The molecular formula is C18H16N4O3S. The number of fused-ring (bicyclic) bond motifs is 2. The molecule has 0 atom stereocenters. The standard InChI is InChI=1S/C18H16N4O3S/c23-16-10-25-14-9-11(5-6-12(14)21-16)20-18(24)19-8-7-17-22-13-3-1-2-4-15(13)26-17/h1-6,9H,7-8,10H2,(H,21,23)(H2,19,20,24). The molecule has 3 aromatic rings. The van der Waals surface area contributed by atoms with Crippen molar-refractivity contribution < 1.29 is 14.3 Å². The van der Waals surface area contributed by atoms with E-state index in [0.29, 0.717) is 30.1 Å². The summed E-state index contributed by atoms with van der Waals surface area (Å²) in [6, 6.07) is 12.8. The SMILES string of the molecule is O=C1COc2cc(NC(=O)NCCc3nc4ccccc4s3)ccc2N1. The predicted octanol–water partition coefficient (Wildman–Crippen LogP) is 2.99. The van der Waals surface area contributed by atoms with Gasteiger partial charge >= 0.3 is 6.03 Å². The van der Waals surface area contributed by atoms with E-state index < -0.39 is 0 Å². The lowest BCUT2D eigenvalue weighted by Crippen LogP contribution is -2.30. The molecule has 0 fully saturated rings. The number of hydrogen-bond donors (Lipinski definition) is 3. The van der Waals surface area contributed by atoms with Crippen LogP contribution in [0.4, 0.5) is 16.2 Å². The number of carbonyl (C=O) groups excluding carboxylic acids is 2. The van der Waals surface area contributed by atoms with Gasteiger partial charge in [-0.2, -0.15) is 0 Å². The number of ether oxygens (including phenoxy) is 1. The van der Waals surface area contributed by atoms with E-state index in [-0.39, 0.29) is 18.5 Å². The van der Waals surface area contributed by atoms with Gasteiger partial charge in [0.2, 0.25) is 0 Å². The summed E-state index contributed by atoms with van der Waals surface area (Å²) >= 11 is 1.63. The molecule has 0 unspecified atom stereocenters. The number of benzene rings is 2. The molecule has 0 saturated heterocycles. The summed E-state index contributed by atoms with van der Waals surface area (Å²) in [6.07, 6.45) is 0.673. The molecular weight excluding hydrogens is 352 g/mol. The number of amides is 3. The maximum Gasteiger partial charge on any atom is 0.319 e. The topological polar surface area (TPSA) is 92.3 Å². The van der Waals surface area contributed by atoms with Crippen molar-refractivity contribution in [1.29, 1.82) is 0 Å². The van der Waals surface area contributed by atoms with Crippen LogP contribution < -0.4 is 20.7 Å². The van der Waals surface area contributed by atoms with Gasteiger partial charge in [0, 0.05) is 24.7 Å². The largest absolute Gasteiger partial charge is 0.482 e. The second-order valence-electron chi connectivity index (χ2n) is 5.75. The summed E-state index contributed by atoms with van der Waals surface area (Å²) in [6.45, 7) is 0.466. The van der Waals surface area contributed by atoms with Crippen LogP contribution in [0.15, 0.2) is 42.5 Å². The van der Waals surface area contributed by atoms with Crippen LogP contribution in [0.2, 0.25) is 0 Å². The van der Waals surface area contributed by atoms with Crippen LogP contribution in [-0.4, -0.2) is 30.1 Å². The van der Waals surface area contributed by atoms with Crippen LogP contribution >= 0.6 is 11.3 Å². The third kappa shape index (κ3) is 3.60. The van der Waals surface area contributed by atoms with Gasteiger partial charge in [-0.05, 0) is 24.3 Å². The first kappa shape index (κ1) is 16.3. The Labute approximate surface area is 153 Å². The average Bonchev–Trinajstić information content (AvgIpc) is 3.04. The van der Waals surface area contributed by atoms with E-state index in [0.717, 1.165) is 15.2 Å². The van der Waals surface area contributed by atoms with Crippen molar-refractivity contribution in [2.75, 3.05) is 23.8 Å². The van der Waals surface area contributed by atoms with Crippen LogP contribution in [0.25, 0.3) is 10.2 Å². The Morgan fingerprint density at radius 1 is 1.27 bits per heavy atom. The van der Waals surface area contributed by atoms with Gasteiger partial charge in [0.1, 0.15) is 5.75 Å². The summed E-state index contributed by atoms with van der Waals surface area (Å²) in [5, 5.41) is 9.27. The highest BCUT2D eigenvalue weighted by atomic mass is 32.1. The zero-order valence-corrected chi connectivity index (χ0v) is 14.6. The second kappa shape index (κ2) is 7.01. The molecule has 4 rings (SSSR count). The van der Waals surface area contributed by atoms with Crippen molar-refractivity contribution in [2.24, 2.45) is 0 Å². The lowest BCUT2D eigenvalue weighted by atomic mass is 10.2. The number of aromatic nitrogens is 1. The van der Waals surface area contributed by atoms with E-state index >= 15 is 0 Å². The van der Waals surface area contributed by atoms with Gasteiger partial charge in [0.05, 0.1) is 20.9 Å². The average molecular weight is 368 g/mol. The van der Waals surface area contributed by atoms with E-state index in [1.165, 1.54) is 0 Å². The number of hydrogen-bond acceptors (Lipinski definition) is 5. The molecule has 1 aromatic heterocycles.